The molecule has 0 aromatic carbocycles. The monoisotopic (exact) mass is 262 g/mol. The Balaban J connectivity index is 3.28. The maximum Gasteiger partial charge on any atom is 0.433 e. The zero-order valence-electron chi connectivity index (χ0n) is 9.08. The van der Waals surface area contributed by atoms with Gasteiger partial charge in [0.1, 0.15) is 0 Å². The number of hydrogen-bond donors (Lipinski definition) is 0. The van der Waals surface area contributed by atoms with Crippen LogP contribution in [-0.2, 0) is 10.9 Å². The van der Waals surface area contributed by atoms with Crippen molar-refractivity contribution in [2.24, 2.45) is 0 Å². The van der Waals surface area contributed by atoms with E-state index in [1.807, 2.05) is 0 Å². The van der Waals surface area contributed by atoms with Crippen LogP contribution in [0.4, 0.5) is 13.2 Å². The highest BCUT2D eigenvalue weighted by atomic mass is 19.4. The van der Waals surface area contributed by atoms with E-state index in [-0.39, 0.29) is 12.2 Å². The number of carbonyl (C=O) groups is 2. The Bertz CT molecular complexity index is 485. The molecule has 0 bridgehead atoms. The van der Waals surface area contributed by atoms with Crippen LogP contribution < -0.4 is 5.11 Å². The SMILES string of the molecule is CCOC(=O)c1cnc(C(F)(F)F)c(C(=O)[O-])c1. The average molecular weight is 262 g/mol. The van der Waals surface area contributed by atoms with Gasteiger partial charge >= 0.3 is 12.1 Å². The van der Waals surface area contributed by atoms with Gasteiger partial charge in [0.25, 0.3) is 0 Å². The van der Waals surface area contributed by atoms with Crippen molar-refractivity contribution >= 4 is 11.9 Å². The molecule has 0 saturated heterocycles. The molecular formula is C10H7F3NO4-. The summed E-state index contributed by atoms with van der Waals surface area (Å²) in [6.45, 7) is 1.50. The van der Waals surface area contributed by atoms with E-state index in [0.29, 0.717) is 12.3 Å². The molecule has 8 heteroatoms. The average Bonchev–Trinajstić information content (AvgIpc) is 2.27. The van der Waals surface area contributed by atoms with Gasteiger partial charge in [-0.05, 0) is 13.0 Å². The highest BCUT2D eigenvalue weighted by Gasteiger charge is 2.36. The van der Waals surface area contributed by atoms with Crippen molar-refractivity contribution in [3.63, 3.8) is 0 Å². The standard InChI is InChI=1S/C10H8F3NO4/c1-2-18-9(17)5-3-6(8(15)16)7(14-4-5)10(11,12)13/h3-4H,2H2,1H3,(H,15,16)/p-1. The number of ether oxygens (including phenoxy) is 1. The molecule has 1 aromatic rings. The fraction of sp³-hybridized carbons (Fsp3) is 0.300. The van der Waals surface area contributed by atoms with E-state index in [1.165, 1.54) is 6.92 Å². The number of aromatic carboxylic acids is 1. The van der Waals surface area contributed by atoms with Crippen molar-refractivity contribution in [1.29, 1.82) is 0 Å². The van der Waals surface area contributed by atoms with Crippen molar-refractivity contribution in [2.45, 2.75) is 13.1 Å². The second kappa shape index (κ2) is 5.03. The molecule has 5 nitrogen and oxygen atoms in total. The summed E-state index contributed by atoms with van der Waals surface area (Å²) in [7, 11) is 0. The molecule has 0 fully saturated rings. The molecule has 0 aliphatic rings. The maximum absolute atomic E-state index is 12.4. The summed E-state index contributed by atoms with van der Waals surface area (Å²) in [5, 5.41) is 10.6. The minimum Gasteiger partial charge on any atom is -0.545 e. The van der Waals surface area contributed by atoms with E-state index in [9.17, 15) is 27.9 Å². The second-order valence-electron chi connectivity index (χ2n) is 3.13. The quantitative estimate of drug-likeness (QED) is 0.747. The van der Waals surface area contributed by atoms with Gasteiger partial charge in [0, 0.05) is 11.8 Å². The van der Waals surface area contributed by atoms with Gasteiger partial charge in [0.15, 0.2) is 5.69 Å². The van der Waals surface area contributed by atoms with E-state index in [2.05, 4.69) is 9.72 Å². The first-order valence-corrected chi connectivity index (χ1v) is 4.73. The van der Waals surface area contributed by atoms with E-state index in [4.69, 9.17) is 0 Å². The van der Waals surface area contributed by atoms with Crippen LogP contribution in [-0.4, -0.2) is 23.5 Å². The van der Waals surface area contributed by atoms with Gasteiger partial charge in [-0.25, -0.2) is 4.79 Å². The van der Waals surface area contributed by atoms with Crippen molar-refractivity contribution in [1.82, 2.24) is 4.98 Å². The Kier molecular flexibility index (Phi) is 3.89. The number of nitrogens with zero attached hydrogens (tertiary/aromatic N) is 1. The molecule has 0 spiro atoms. The number of esters is 1. The number of carbonyl (C=O) groups excluding carboxylic acids is 2. The first-order chi connectivity index (χ1) is 8.27. The van der Waals surface area contributed by atoms with Gasteiger partial charge in [-0.1, -0.05) is 0 Å². The number of carboxylic acid groups (broad SMARTS) is 1. The molecule has 0 saturated carbocycles. The minimum atomic E-state index is -4.94. The molecule has 0 amide bonds. The van der Waals surface area contributed by atoms with Crippen LogP contribution in [0.25, 0.3) is 0 Å². The normalized spacial score (nSPS) is 11.1. The molecular weight excluding hydrogens is 255 g/mol. The third-order valence-corrected chi connectivity index (χ3v) is 1.89. The maximum atomic E-state index is 12.4. The number of hydrogen-bond acceptors (Lipinski definition) is 5. The molecule has 1 rings (SSSR count). The van der Waals surface area contributed by atoms with Gasteiger partial charge in [-0.2, -0.15) is 13.2 Å². The summed E-state index contributed by atoms with van der Waals surface area (Å²) >= 11 is 0. The molecule has 1 aromatic heterocycles. The molecule has 1 heterocycles. The fourth-order valence-electron chi connectivity index (χ4n) is 1.17. The molecule has 18 heavy (non-hydrogen) atoms. The Morgan fingerprint density at radius 2 is 2.06 bits per heavy atom. The van der Waals surface area contributed by atoms with Gasteiger partial charge in [0.05, 0.1) is 18.1 Å². The molecule has 0 unspecified atom stereocenters. The number of aromatic nitrogens is 1. The highest BCUT2D eigenvalue weighted by Crippen LogP contribution is 2.30. The van der Waals surface area contributed by atoms with E-state index in [0.717, 1.165) is 0 Å². The molecule has 0 atom stereocenters. The molecule has 0 radical (unpaired) electrons. The summed E-state index contributed by atoms with van der Waals surface area (Å²) in [4.78, 5) is 24.7. The first kappa shape index (κ1) is 13.9. The van der Waals surface area contributed by atoms with Crippen LogP contribution >= 0.6 is 0 Å². The zero-order valence-corrected chi connectivity index (χ0v) is 9.08. The van der Waals surface area contributed by atoms with E-state index < -0.39 is 29.4 Å². The van der Waals surface area contributed by atoms with Crippen molar-refractivity contribution in [2.75, 3.05) is 6.61 Å². The number of pyridine rings is 1. The van der Waals surface area contributed by atoms with Gasteiger partial charge in [-0.3, -0.25) is 4.98 Å². The van der Waals surface area contributed by atoms with Crippen LogP contribution in [0.15, 0.2) is 12.3 Å². The predicted molar refractivity (Wildman–Crippen MR) is 49.5 cm³/mol. The number of carboxylic acids is 1. The van der Waals surface area contributed by atoms with Crippen LogP contribution in [0, 0.1) is 0 Å². The third kappa shape index (κ3) is 2.96. The summed E-state index contributed by atoms with van der Waals surface area (Å²) < 4.78 is 41.8. The minimum absolute atomic E-state index is 0.000506. The molecule has 0 aliphatic carbocycles. The Morgan fingerprint density at radius 3 is 2.50 bits per heavy atom. The van der Waals surface area contributed by atoms with Gasteiger partial charge in [0.2, 0.25) is 0 Å². The predicted octanol–water partition coefficient (Wildman–Crippen LogP) is 0.641. The van der Waals surface area contributed by atoms with Crippen LogP contribution in [0.2, 0.25) is 0 Å². The smallest absolute Gasteiger partial charge is 0.433 e. The summed E-state index contributed by atoms with van der Waals surface area (Å²) in [6.07, 6.45) is -4.34. The fourth-order valence-corrected chi connectivity index (χ4v) is 1.17. The largest absolute Gasteiger partial charge is 0.545 e. The Morgan fingerprint density at radius 1 is 1.44 bits per heavy atom. The second-order valence-corrected chi connectivity index (χ2v) is 3.13. The third-order valence-electron chi connectivity index (χ3n) is 1.89. The van der Waals surface area contributed by atoms with Crippen molar-refractivity contribution in [3.8, 4) is 0 Å². The van der Waals surface area contributed by atoms with E-state index >= 15 is 0 Å². The topological polar surface area (TPSA) is 79.3 Å². The van der Waals surface area contributed by atoms with Crippen LogP contribution in [0.5, 0.6) is 0 Å². The summed E-state index contributed by atoms with van der Waals surface area (Å²) in [5.74, 6) is -3.03. The molecule has 98 valence electrons. The zero-order chi connectivity index (χ0) is 13.9. The highest BCUT2D eigenvalue weighted by molar-refractivity contribution is 5.94. The lowest BCUT2D eigenvalue weighted by molar-refractivity contribution is -0.255. The Hall–Kier alpha value is -2.12. The number of rotatable bonds is 3. The Labute approximate surface area is 99.2 Å². The number of halogens is 3. The summed E-state index contributed by atoms with van der Waals surface area (Å²) in [5.41, 5.74) is -3.20. The lowest BCUT2D eigenvalue weighted by Crippen LogP contribution is -2.27. The molecule has 0 N–H and O–H groups in total. The van der Waals surface area contributed by atoms with Crippen molar-refractivity contribution in [3.05, 3.63) is 29.1 Å². The van der Waals surface area contributed by atoms with Crippen LogP contribution in [0.3, 0.4) is 0 Å². The lowest BCUT2D eigenvalue weighted by atomic mass is 10.1. The van der Waals surface area contributed by atoms with Gasteiger partial charge in [-0.15, -0.1) is 0 Å². The van der Waals surface area contributed by atoms with E-state index in [1.54, 1.807) is 0 Å². The lowest BCUT2D eigenvalue weighted by Gasteiger charge is -2.13. The van der Waals surface area contributed by atoms with Crippen molar-refractivity contribution < 1.29 is 32.6 Å². The first-order valence-electron chi connectivity index (χ1n) is 4.73. The molecule has 0 aliphatic heterocycles. The van der Waals surface area contributed by atoms with Gasteiger partial charge < -0.3 is 14.6 Å². The summed E-state index contributed by atoms with van der Waals surface area (Å²) in [6, 6.07) is 0.531. The van der Waals surface area contributed by atoms with Crippen LogP contribution in [0.1, 0.15) is 33.3 Å². The number of alkyl halides is 3.